The van der Waals surface area contributed by atoms with E-state index in [0.29, 0.717) is 18.6 Å². The molecule has 1 fully saturated rings. The van der Waals surface area contributed by atoms with Crippen LogP contribution in [0.1, 0.15) is 64.1 Å². The highest BCUT2D eigenvalue weighted by Crippen LogP contribution is 2.29. The lowest BCUT2D eigenvalue weighted by molar-refractivity contribution is 0.146. The zero-order valence-electron chi connectivity index (χ0n) is 26.1. The van der Waals surface area contributed by atoms with Crippen molar-refractivity contribution < 1.29 is 4.39 Å². The number of aromatic nitrogens is 2. The number of halogens is 1. The smallest absolute Gasteiger partial charge is 0.123 e. The third kappa shape index (κ3) is 6.90. The molecule has 7 heteroatoms. The van der Waals surface area contributed by atoms with Crippen LogP contribution in [0.15, 0.2) is 60.4 Å². The first kappa shape index (κ1) is 30.3. The Hall–Kier alpha value is -3.16. The molecule has 2 aliphatic heterocycles. The molecule has 1 saturated heterocycles. The van der Waals surface area contributed by atoms with Crippen LogP contribution in [-0.2, 0) is 6.54 Å². The quantitative estimate of drug-likeness (QED) is 0.235. The first-order valence-corrected chi connectivity index (χ1v) is 16.0. The predicted octanol–water partition coefficient (Wildman–Crippen LogP) is 6.85. The van der Waals surface area contributed by atoms with Gasteiger partial charge >= 0.3 is 0 Å². The van der Waals surface area contributed by atoms with E-state index in [9.17, 15) is 4.39 Å². The summed E-state index contributed by atoms with van der Waals surface area (Å²) in [6, 6.07) is 11.9. The lowest BCUT2D eigenvalue weighted by Crippen LogP contribution is -2.49. The molecule has 1 aromatic heterocycles. The van der Waals surface area contributed by atoms with Gasteiger partial charge in [-0.1, -0.05) is 51.1 Å². The molecular weight excluding hydrogens is 523 g/mol. The van der Waals surface area contributed by atoms with Gasteiger partial charge in [0.05, 0.1) is 23.8 Å². The van der Waals surface area contributed by atoms with Gasteiger partial charge in [-0.05, 0) is 94.1 Å². The second kappa shape index (κ2) is 13.9. The number of fused-ring (bicyclic) bond motifs is 1. The summed E-state index contributed by atoms with van der Waals surface area (Å²) in [6.07, 6.45) is 8.40. The van der Waals surface area contributed by atoms with Gasteiger partial charge < -0.3 is 15.1 Å². The number of H-pyrrole nitrogens is 1. The van der Waals surface area contributed by atoms with Crippen molar-refractivity contribution in [3.05, 3.63) is 77.5 Å². The maximum atomic E-state index is 13.9. The number of benzene rings is 2. The Morgan fingerprint density at radius 1 is 1.19 bits per heavy atom. The van der Waals surface area contributed by atoms with Crippen LogP contribution < -0.4 is 5.32 Å². The van der Waals surface area contributed by atoms with E-state index in [1.807, 2.05) is 19.1 Å². The van der Waals surface area contributed by atoms with Crippen LogP contribution in [0.5, 0.6) is 0 Å². The molecule has 0 saturated carbocycles. The highest BCUT2D eigenvalue weighted by molar-refractivity contribution is 5.86. The van der Waals surface area contributed by atoms with E-state index >= 15 is 0 Å². The largest absolute Gasteiger partial charge is 0.382 e. The highest BCUT2D eigenvalue weighted by Gasteiger charge is 2.30. The van der Waals surface area contributed by atoms with Crippen molar-refractivity contribution in [2.45, 2.75) is 78.4 Å². The molecule has 0 amide bonds. The summed E-state index contributed by atoms with van der Waals surface area (Å²) in [7, 11) is 0. The summed E-state index contributed by atoms with van der Waals surface area (Å²) in [5.74, 6) is -0.222. The summed E-state index contributed by atoms with van der Waals surface area (Å²) < 4.78 is 13.9. The minimum Gasteiger partial charge on any atom is -0.382 e. The lowest BCUT2D eigenvalue weighted by atomic mass is 9.99. The van der Waals surface area contributed by atoms with Gasteiger partial charge in [0.15, 0.2) is 0 Å². The van der Waals surface area contributed by atoms with Gasteiger partial charge in [-0.2, -0.15) is 5.10 Å². The van der Waals surface area contributed by atoms with Crippen LogP contribution in [0.25, 0.3) is 22.0 Å². The Bertz CT molecular complexity index is 1390. The van der Waals surface area contributed by atoms with Gasteiger partial charge in [-0.3, -0.25) is 10.00 Å². The van der Waals surface area contributed by atoms with Gasteiger partial charge in [0.2, 0.25) is 0 Å². The van der Waals surface area contributed by atoms with Gasteiger partial charge in [0, 0.05) is 42.5 Å². The molecule has 5 rings (SSSR count). The number of nitrogens with zero attached hydrogens (tertiary/aromatic N) is 4. The third-order valence-electron chi connectivity index (χ3n) is 9.20. The molecule has 2 aromatic carbocycles. The molecule has 3 heterocycles. The minimum atomic E-state index is -0.222. The van der Waals surface area contributed by atoms with Crippen LogP contribution in [0.3, 0.4) is 0 Å². The molecule has 2 unspecified atom stereocenters. The number of hydrogen-bond donors (Lipinski definition) is 2. The van der Waals surface area contributed by atoms with Crippen molar-refractivity contribution >= 4 is 10.9 Å². The molecular formula is C35H49FN6. The minimum absolute atomic E-state index is 0.222. The van der Waals surface area contributed by atoms with Crippen LogP contribution in [0.4, 0.5) is 4.39 Å². The third-order valence-corrected chi connectivity index (χ3v) is 9.20. The second-order valence-corrected chi connectivity index (χ2v) is 12.2. The summed E-state index contributed by atoms with van der Waals surface area (Å²) in [4.78, 5) is 7.79. The summed E-state index contributed by atoms with van der Waals surface area (Å²) in [5, 5.41) is 12.6. The summed E-state index contributed by atoms with van der Waals surface area (Å²) in [6.45, 7) is 20.9. The molecule has 42 heavy (non-hydrogen) atoms. The number of likely N-dealkylation sites (N-methyl/N-ethyl adjacent to an activating group) is 1. The number of aryl methyl sites for hydroxylation is 1. The lowest BCUT2D eigenvalue weighted by Gasteiger charge is -2.43. The molecule has 6 nitrogen and oxygen atoms in total. The van der Waals surface area contributed by atoms with Crippen LogP contribution in [0.2, 0.25) is 0 Å². The molecule has 2 aliphatic rings. The molecule has 3 aromatic rings. The van der Waals surface area contributed by atoms with Gasteiger partial charge in [-0.25, -0.2) is 4.39 Å². The Morgan fingerprint density at radius 2 is 2.00 bits per heavy atom. The highest BCUT2D eigenvalue weighted by atomic mass is 19.1. The number of unbranched alkanes of at least 4 members (excludes halogenated alkanes) is 1. The van der Waals surface area contributed by atoms with E-state index in [4.69, 9.17) is 6.58 Å². The fourth-order valence-electron chi connectivity index (χ4n) is 6.68. The maximum absolute atomic E-state index is 13.9. The van der Waals surface area contributed by atoms with E-state index < -0.39 is 0 Å². The fraction of sp³-hybridized carbons (Fsp3) is 0.514. The first-order chi connectivity index (χ1) is 20.4. The van der Waals surface area contributed by atoms with Crippen molar-refractivity contribution in [2.24, 2.45) is 0 Å². The standard InChI is InChI=1S/C35H49FN6/c1-6-8-19-42(26(4)23-40-17-9-10-18-40)27(5)35-16-14-30(24-41(35)7-2)37-22-34-31-15-12-28(20-33(31)38-39-34)32-21-29(36)13-11-25(32)3/h11-15,20-21,26,35,37H,5-10,16-19,22-24H2,1-4H3,(H,38,39). The number of likely N-dealkylation sites (tertiary alicyclic amines) is 1. The van der Waals surface area contributed by atoms with E-state index in [0.717, 1.165) is 65.9 Å². The molecule has 0 radical (unpaired) electrons. The van der Waals surface area contributed by atoms with E-state index in [-0.39, 0.29) is 5.82 Å². The molecule has 0 spiro atoms. The number of rotatable bonds is 13. The van der Waals surface area contributed by atoms with Crippen LogP contribution in [-0.4, -0.2) is 76.2 Å². The Labute approximate surface area is 251 Å². The van der Waals surface area contributed by atoms with Crippen LogP contribution in [0, 0.1) is 12.7 Å². The van der Waals surface area contributed by atoms with E-state index in [2.05, 4.69) is 69.2 Å². The molecule has 2 N–H and O–H groups in total. The number of hydrogen-bond acceptors (Lipinski definition) is 5. The van der Waals surface area contributed by atoms with Crippen molar-refractivity contribution in [1.82, 2.24) is 30.2 Å². The normalized spacial score (nSPS) is 18.8. The monoisotopic (exact) mass is 572 g/mol. The Morgan fingerprint density at radius 3 is 2.76 bits per heavy atom. The number of nitrogens with one attached hydrogen (secondary N) is 2. The van der Waals surface area contributed by atoms with Crippen molar-refractivity contribution in [3.8, 4) is 11.1 Å². The van der Waals surface area contributed by atoms with Gasteiger partial charge in [-0.15, -0.1) is 0 Å². The average molecular weight is 573 g/mol. The predicted molar refractivity (Wildman–Crippen MR) is 173 cm³/mol. The van der Waals surface area contributed by atoms with Crippen molar-refractivity contribution in [1.29, 1.82) is 0 Å². The second-order valence-electron chi connectivity index (χ2n) is 12.2. The van der Waals surface area contributed by atoms with E-state index in [1.54, 1.807) is 6.07 Å². The molecule has 0 bridgehead atoms. The average Bonchev–Trinajstić information content (AvgIpc) is 3.66. The zero-order valence-corrected chi connectivity index (χ0v) is 26.1. The fourth-order valence-corrected chi connectivity index (χ4v) is 6.68. The maximum Gasteiger partial charge on any atom is 0.123 e. The first-order valence-electron chi connectivity index (χ1n) is 16.0. The Kier molecular flexibility index (Phi) is 10.0. The molecule has 0 aliphatic carbocycles. The molecule has 2 atom stereocenters. The Balaban J connectivity index is 1.24. The number of aromatic amines is 1. The van der Waals surface area contributed by atoms with Gasteiger partial charge in [0.25, 0.3) is 0 Å². The van der Waals surface area contributed by atoms with Gasteiger partial charge in [0.1, 0.15) is 5.82 Å². The van der Waals surface area contributed by atoms with Crippen molar-refractivity contribution in [2.75, 3.05) is 39.3 Å². The zero-order chi connectivity index (χ0) is 29.6. The molecule has 226 valence electrons. The topological polar surface area (TPSA) is 50.4 Å². The summed E-state index contributed by atoms with van der Waals surface area (Å²) >= 11 is 0. The summed E-state index contributed by atoms with van der Waals surface area (Å²) in [5.41, 5.74) is 7.41. The van der Waals surface area contributed by atoms with E-state index in [1.165, 1.54) is 56.2 Å². The SMILES string of the molecule is C=C(C1CC=C(NCc2[nH]nc3cc(-c4cc(F)ccc4C)ccc23)CN1CC)N(CCCC)C(C)CN1CCCC1. The van der Waals surface area contributed by atoms with Crippen LogP contribution >= 0.6 is 0 Å². The van der Waals surface area contributed by atoms with Crippen molar-refractivity contribution in [3.63, 3.8) is 0 Å².